The quantitative estimate of drug-likeness (QED) is 0.587. The molecule has 2 aromatic carbocycles. The Morgan fingerprint density at radius 3 is 2.32 bits per heavy atom. The third-order valence-corrected chi connectivity index (χ3v) is 8.25. The van der Waals surface area contributed by atoms with E-state index in [0.29, 0.717) is 0 Å². The number of rotatable bonds is 3. The Morgan fingerprint density at radius 2 is 1.64 bits per heavy atom. The number of amides is 1. The first-order chi connectivity index (χ1) is 13.7. The summed E-state index contributed by atoms with van der Waals surface area (Å²) in [6, 6.07) is 16.4. The van der Waals surface area contributed by atoms with Gasteiger partial charge in [0.1, 0.15) is 5.01 Å². The van der Waals surface area contributed by atoms with Crippen molar-refractivity contribution < 1.29 is 4.79 Å². The second-order valence-electron chi connectivity index (χ2n) is 9.22. The van der Waals surface area contributed by atoms with Gasteiger partial charge in [-0.2, -0.15) is 0 Å². The standard InChI is InChI=1S/C24H24N2OS/c27-23(24-12-15-8-16(13-24)10-17(9-15)14-24)25-19-6-7-20-21(11-19)28-22(26-20)18-4-2-1-3-5-18/h1-7,11,15-17H,8-10,12-14H2,(H,25,27). The second-order valence-corrected chi connectivity index (χ2v) is 10.3. The van der Waals surface area contributed by atoms with Crippen LogP contribution in [0.1, 0.15) is 38.5 Å². The van der Waals surface area contributed by atoms with Gasteiger partial charge in [-0.05, 0) is 74.5 Å². The Balaban J connectivity index is 1.27. The van der Waals surface area contributed by atoms with Crippen LogP contribution in [0.4, 0.5) is 5.69 Å². The van der Waals surface area contributed by atoms with Crippen LogP contribution in [-0.4, -0.2) is 10.9 Å². The van der Waals surface area contributed by atoms with Gasteiger partial charge in [0.25, 0.3) is 0 Å². The van der Waals surface area contributed by atoms with Crippen molar-refractivity contribution in [3.8, 4) is 10.6 Å². The molecule has 0 atom stereocenters. The fourth-order valence-electron chi connectivity index (χ4n) is 6.36. The van der Waals surface area contributed by atoms with Gasteiger partial charge in [-0.1, -0.05) is 30.3 Å². The van der Waals surface area contributed by atoms with Gasteiger partial charge in [-0.25, -0.2) is 4.98 Å². The molecule has 1 N–H and O–H groups in total. The van der Waals surface area contributed by atoms with Crippen molar-refractivity contribution in [3.63, 3.8) is 0 Å². The van der Waals surface area contributed by atoms with E-state index in [9.17, 15) is 4.79 Å². The van der Waals surface area contributed by atoms with Crippen molar-refractivity contribution in [1.82, 2.24) is 4.98 Å². The third kappa shape index (κ3) is 2.69. The van der Waals surface area contributed by atoms with Crippen molar-refractivity contribution in [3.05, 3.63) is 48.5 Å². The maximum absolute atomic E-state index is 13.3. The predicted molar refractivity (Wildman–Crippen MR) is 114 cm³/mol. The lowest BCUT2D eigenvalue weighted by atomic mass is 9.49. The molecule has 4 aliphatic carbocycles. The molecule has 7 rings (SSSR count). The predicted octanol–water partition coefficient (Wildman–Crippen LogP) is 6.12. The summed E-state index contributed by atoms with van der Waals surface area (Å²) in [6.45, 7) is 0. The fourth-order valence-corrected chi connectivity index (χ4v) is 7.37. The van der Waals surface area contributed by atoms with Gasteiger partial charge < -0.3 is 5.32 Å². The van der Waals surface area contributed by atoms with Crippen molar-refractivity contribution in [2.45, 2.75) is 38.5 Å². The summed E-state index contributed by atoms with van der Waals surface area (Å²) in [7, 11) is 0. The molecule has 0 saturated heterocycles. The number of fused-ring (bicyclic) bond motifs is 1. The van der Waals surface area contributed by atoms with E-state index in [1.807, 2.05) is 30.3 Å². The molecule has 4 bridgehead atoms. The van der Waals surface area contributed by atoms with E-state index >= 15 is 0 Å². The Kier molecular flexibility index (Phi) is 3.67. The Labute approximate surface area is 169 Å². The summed E-state index contributed by atoms with van der Waals surface area (Å²) in [5.74, 6) is 2.62. The van der Waals surface area contributed by atoms with Crippen LogP contribution in [0.3, 0.4) is 0 Å². The third-order valence-electron chi connectivity index (χ3n) is 7.19. The summed E-state index contributed by atoms with van der Waals surface area (Å²) in [4.78, 5) is 18.1. The minimum absolute atomic E-state index is 0.105. The zero-order chi connectivity index (χ0) is 18.7. The minimum Gasteiger partial charge on any atom is -0.326 e. The smallest absolute Gasteiger partial charge is 0.230 e. The van der Waals surface area contributed by atoms with Crippen LogP contribution < -0.4 is 5.32 Å². The molecule has 1 heterocycles. The highest BCUT2D eigenvalue weighted by atomic mass is 32.1. The highest BCUT2D eigenvalue weighted by molar-refractivity contribution is 7.21. The van der Waals surface area contributed by atoms with Crippen molar-refractivity contribution in [1.29, 1.82) is 0 Å². The number of anilines is 1. The molecule has 4 fully saturated rings. The lowest BCUT2D eigenvalue weighted by Gasteiger charge is -2.55. The molecule has 4 heteroatoms. The SMILES string of the molecule is O=C(Nc1ccc2nc(-c3ccccc3)sc2c1)C12CC3CC(CC(C3)C1)C2. The molecule has 142 valence electrons. The number of aromatic nitrogens is 1. The lowest BCUT2D eigenvalue weighted by Crippen LogP contribution is -2.51. The van der Waals surface area contributed by atoms with Gasteiger partial charge in [0.15, 0.2) is 0 Å². The molecule has 4 saturated carbocycles. The molecule has 3 aromatic rings. The first-order valence-electron chi connectivity index (χ1n) is 10.4. The number of nitrogens with zero attached hydrogens (tertiary/aromatic N) is 1. The average Bonchev–Trinajstić information content (AvgIpc) is 3.11. The van der Waals surface area contributed by atoms with E-state index in [2.05, 4.69) is 23.5 Å². The number of hydrogen-bond acceptors (Lipinski definition) is 3. The van der Waals surface area contributed by atoms with Crippen LogP contribution in [0.25, 0.3) is 20.8 Å². The van der Waals surface area contributed by atoms with Crippen molar-refractivity contribution in [2.24, 2.45) is 23.2 Å². The van der Waals surface area contributed by atoms with Crippen LogP contribution in [0.5, 0.6) is 0 Å². The van der Waals surface area contributed by atoms with Crippen LogP contribution in [0, 0.1) is 23.2 Å². The highest BCUT2D eigenvalue weighted by Crippen LogP contribution is 2.60. The van der Waals surface area contributed by atoms with E-state index in [0.717, 1.165) is 63.5 Å². The molecule has 28 heavy (non-hydrogen) atoms. The Hall–Kier alpha value is -2.20. The molecule has 0 spiro atoms. The van der Waals surface area contributed by atoms with Gasteiger partial charge in [-0.15, -0.1) is 11.3 Å². The summed E-state index contributed by atoms with van der Waals surface area (Å²) in [5.41, 5.74) is 2.95. The Bertz CT molecular complexity index is 1020. The van der Waals surface area contributed by atoms with Crippen LogP contribution in [-0.2, 0) is 4.79 Å². The van der Waals surface area contributed by atoms with Gasteiger partial charge in [0, 0.05) is 11.3 Å². The van der Waals surface area contributed by atoms with Crippen molar-refractivity contribution >= 4 is 33.1 Å². The molecule has 0 aliphatic heterocycles. The van der Waals surface area contributed by atoms with Gasteiger partial charge >= 0.3 is 0 Å². The zero-order valence-corrected chi connectivity index (χ0v) is 16.7. The van der Waals surface area contributed by atoms with Crippen molar-refractivity contribution in [2.75, 3.05) is 5.32 Å². The van der Waals surface area contributed by atoms with Crippen LogP contribution >= 0.6 is 11.3 Å². The topological polar surface area (TPSA) is 42.0 Å². The molecular formula is C24H24N2OS. The molecule has 4 aliphatic rings. The average molecular weight is 389 g/mol. The van der Waals surface area contributed by atoms with E-state index in [-0.39, 0.29) is 11.3 Å². The van der Waals surface area contributed by atoms with E-state index < -0.39 is 0 Å². The zero-order valence-electron chi connectivity index (χ0n) is 15.9. The number of carbonyl (C=O) groups excluding carboxylic acids is 1. The van der Waals surface area contributed by atoms with Gasteiger partial charge in [0.05, 0.1) is 15.6 Å². The van der Waals surface area contributed by atoms with Crippen LogP contribution in [0.2, 0.25) is 0 Å². The number of carbonyl (C=O) groups is 1. The maximum atomic E-state index is 13.3. The first-order valence-corrected chi connectivity index (χ1v) is 11.3. The summed E-state index contributed by atoms with van der Waals surface area (Å²) < 4.78 is 1.13. The minimum atomic E-state index is -0.105. The molecule has 0 radical (unpaired) electrons. The second kappa shape index (κ2) is 6.15. The molecule has 0 unspecified atom stereocenters. The molecular weight excluding hydrogens is 364 g/mol. The van der Waals surface area contributed by atoms with E-state index in [4.69, 9.17) is 4.98 Å². The molecule has 1 aromatic heterocycles. The normalized spacial score (nSPS) is 30.6. The van der Waals surface area contributed by atoms with Crippen LogP contribution in [0.15, 0.2) is 48.5 Å². The highest BCUT2D eigenvalue weighted by Gasteiger charge is 2.54. The number of hydrogen-bond donors (Lipinski definition) is 1. The Morgan fingerprint density at radius 1 is 0.964 bits per heavy atom. The maximum Gasteiger partial charge on any atom is 0.230 e. The summed E-state index contributed by atoms with van der Waals surface area (Å²) in [5, 5.41) is 4.31. The van der Waals surface area contributed by atoms with Gasteiger partial charge in [-0.3, -0.25) is 4.79 Å². The summed E-state index contributed by atoms with van der Waals surface area (Å²) >= 11 is 1.69. The van der Waals surface area contributed by atoms with Gasteiger partial charge in [0.2, 0.25) is 5.91 Å². The summed E-state index contributed by atoms with van der Waals surface area (Å²) in [6.07, 6.45) is 7.40. The number of nitrogens with one attached hydrogen (secondary N) is 1. The lowest BCUT2D eigenvalue weighted by molar-refractivity contribution is -0.140. The van der Waals surface area contributed by atoms with E-state index in [1.54, 1.807) is 11.3 Å². The molecule has 1 amide bonds. The van der Waals surface area contributed by atoms with E-state index in [1.165, 1.54) is 19.3 Å². The largest absolute Gasteiger partial charge is 0.326 e. The fraction of sp³-hybridized carbons (Fsp3) is 0.417. The monoisotopic (exact) mass is 388 g/mol. The number of thiazole rings is 1. The first kappa shape index (κ1) is 16.7. The molecule has 3 nitrogen and oxygen atoms in total. The number of benzene rings is 2.